The normalized spacial score (nSPS) is 20.6. The minimum atomic E-state index is -0.0428. The molecular weight excluding hydrogens is 360 g/mol. The van der Waals surface area contributed by atoms with Gasteiger partial charge in [0.05, 0.1) is 28.1 Å². The molecule has 0 N–H and O–H groups in total. The standard InChI is InChI=1S/C20H24N4O2S/c1-12(2)17-9-16(19(25)23-10-13(3)26-14(4)11-23)22-24(17)20-21-15-7-5-6-8-18(15)27-20/h5-9,12-14H,10-11H2,1-4H3/t13-,14-/m0/s1. The average molecular weight is 385 g/mol. The zero-order chi connectivity index (χ0) is 19.1. The molecule has 0 bridgehead atoms. The van der Waals surface area contributed by atoms with Gasteiger partial charge in [0, 0.05) is 13.1 Å². The Labute approximate surface area is 162 Å². The van der Waals surface area contributed by atoms with Gasteiger partial charge in [-0.1, -0.05) is 37.3 Å². The van der Waals surface area contributed by atoms with Gasteiger partial charge in [0.1, 0.15) is 0 Å². The van der Waals surface area contributed by atoms with Crippen LogP contribution in [0, 0.1) is 0 Å². The Morgan fingerprint density at radius 1 is 1.22 bits per heavy atom. The molecule has 0 aliphatic carbocycles. The first-order valence-corrected chi connectivity index (χ1v) is 10.1. The molecule has 0 saturated carbocycles. The number of amides is 1. The van der Waals surface area contributed by atoms with Crippen molar-refractivity contribution in [1.29, 1.82) is 0 Å². The maximum atomic E-state index is 13.1. The SMILES string of the molecule is CC(C)c1cc(C(=O)N2C[C@H](C)O[C@@H](C)C2)nn1-c1nc2ccccc2s1. The summed E-state index contributed by atoms with van der Waals surface area (Å²) < 4.78 is 8.69. The molecule has 1 amide bonds. The molecule has 1 fully saturated rings. The summed E-state index contributed by atoms with van der Waals surface area (Å²) in [5.41, 5.74) is 2.41. The third-order valence-corrected chi connectivity index (χ3v) is 5.73. The summed E-state index contributed by atoms with van der Waals surface area (Å²) in [6, 6.07) is 9.94. The number of carbonyl (C=O) groups excluding carboxylic acids is 1. The molecule has 3 heterocycles. The molecule has 7 heteroatoms. The van der Waals surface area contributed by atoms with Gasteiger partial charge in [0.25, 0.3) is 5.91 Å². The Morgan fingerprint density at radius 3 is 2.59 bits per heavy atom. The van der Waals surface area contributed by atoms with Gasteiger partial charge >= 0.3 is 0 Å². The number of hydrogen-bond donors (Lipinski definition) is 0. The van der Waals surface area contributed by atoms with E-state index in [1.54, 1.807) is 11.3 Å². The predicted molar refractivity (Wildman–Crippen MR) is 107 cm³/mol. The monoisotopic (exact) mass is 384 g/mol. The van der Waals surface area contributed by atoms with Crippen LogP contribution in [0.1, 0.15) is 49.8 Å². The van der Waals surface area contributed by atoms with E-state index < -0.39 is 0 Å². The van der Waals surface area contributed by atoms with E-state index in [1.165, 1.54) is 0 Å². The molecule has 3 aromatic rings. The third kappa shape index (κ3) is 3.49. The fraction of sp³-hybridized carbons (Fsp3) is 0.450. The van der Waals surface area contributed by atoms with Crippen LogP contribution in [-0.2, 0) is 4.74 Å². The number of ether oxygens (including phenoxy) is 1. The Morgan fingerprint density at radius 2 is 1.93 bits per heavy atom. The maximum Gasteiger partial charge on any atom is 0.274 e. The summed E-state index contributed by atoms with van der Waals surface area (Å²) in [5.74, 6) is 0.187. The lowest BCUT2D eigenvalue weighted by Crippen LogP contribution is -2.48. The predicted octanol–water partition coefficient (Wildman–Crippen LogP) is 3.85. The molecule has 1 aliphatic rings. The first-order chi connectivity index (χ1) is 12.9. The number of hydrogen-bond acceptors (Lipinski definition) is 5. The number of carbonyl (C=O) groups is 1. The van der Waals surface area contributed by atoms with Crippen molar-refractivity contribution in [1.82, 2.24) is 19.7 Å². The number of thiazole rings is 1. The Balaban J connectivity index is 1.71. The number of rotatable bonds is 3. The molecule has 1 aromatic carbocycles. The molecule has 1 saturated heterocycles. The zero-order valence-corrected chi connectivity index (χ0v) is 16.9. The van der Waals surface area contributed by atoms with E-state index in [0.717, 1.165) is 21.0 Å². The molecular formula is C20H24N4O2S. The summed E-state index contributed by atoms with van der Waals surface area (Å²) in [6.45, 7) is 9.38. The average Bonchev–Trinajstić information content (AvgIpc) is 3.24. The Bertz CT molecular complexity index is 934. The largest absolute Gasteiger partial charge is 0.372 e. The van der Waals surface area contributed by atoms with Crippen molar-refractivity contribution in [2.75, 3.05) is 13.1 Å². The highest BCUT2D eigenvalue weighted by Crippen LogP contribution is 2.28. The van der Waals surface area contributed by atoms with Crippen molar-refractivity contribution in [2.24, 2.45) is 0 Å². The van der Waals surface area contributed by atoms with Crippen molar-refractivity contribution in [3.05, 3.63) is 41.7 Å². The number of para-hydroxylation sites is 1. The highest BCUT2D eigenvalue weighted by Gasteiger charge is 2.29. The number of fused-ring (bicyclic) bond motifs is 1. The first-order valence-electron chi connectivity index (χ1n) is 9.33. The van der Waals surface area contributed by atoms with Crippen LogP contribution in [0.4, 0.5) is 0 Å². The number of aromatic nitrogens is 3. The second kappa shape index (κ2) is 7.05. The van der Waals surface area contributed by atoms with Crippen molar-refractivity contribution in [3.63, 3.8) is 0 Å². The highest BCUT2D eigenvalue weighted by molar-refractivity contribution is 7.20. The fourth-order valence-corrected chi connectivity index (χ4v) is 4.46. The highest BCUT2D eigenvalue weighted by atomic mass is 32.1. The van der Waals surface area contributed by atoms with Gasteiger partial charge in [-0.15, -0.1) is 0 Å². The van der Waals surface area contributed by atoms with Gasteiger partial charge in [0.15, 0.2) is 5.69 Å². The van der Waals surface area contributed by atoms with Crippen molar-refractivity contribution < 1.29 is 9.53 Å². The van der Waals surface area contributed by atoms with Gasteiger partial charge < -0.3 is 9.64 Å². The fourth-order valence-electron chi connectivity index (χ4n) is 3.52. The second-order valence-electron chi connectivity index (χ2n) is 7.45. The molecule has 4 rings (SSSR count). The maximum absolute atomic E-state index is 13.1. The molecule has 142 valence electrons. The Hall–Kier alpha value is -2.25. The van der Waals surface area contributed by atoms with Crippen LogP contribution in [0.15, 0.2) is 30.3 Å². The lowest BCUT2D eigenvalue weighted by molar-refractivity contribution is -0.0587. The van der Waals surface area contributed by atoms with Gasteiger partial charge in [0.2, 0.25) is 5.13 Å². The smallest absolute Gasteiger partial charge is 0.274 e. The quantitative estimate of drug-likeness (QED) is 0.688. The lowest BCUT2D eigenvalue weighted by Gasteiger charge is -2.34. The summed E-state index contributed by atoms with van der Waals surface area (Å²) in [6.07, 6.45) is 0.0715. The van der Waals surface area contributed by atoms with Gasteiger partial charge in [-0.3, -0.25) is 4.79 Å². The van der Waals surface area contributed by atoms with E-state index in [4.69, 9.17) is 9.72 Å². The topological polar surface area (TPSA) is 60.3 Å². The van der Waals surface area contributed by atoms with Crippen LogP contribution >= 0.6 is 11.3 Å². The van der Waals surface area contributed by atoms with Gasteiger partial charge in [-0.25, -0.2) is 9.67 Å². The summed E-state index contributed by atoms with van der Waals surface area (Å²) in [5, 5.41) is 5.45. The van der Waals surface area contributed by atoms with Crippen LogP contribution in [-0.4, -0.2) is 50.9 Å². The van der Waals surface area contributed by atoms with Crippen LogP contribution < -0.4 is 0 Å². The van der Waals surface area contributed by atoms with Crippen molar-refractivity contribution >= 4 is 27.5 Å². The third-order valence-electron chi connectivity index (χ3n) is 4.72. The molecule has 27 heavy (non-hydrogen) atoms. The number of nitrogens with zero attached hydrogens (tertiary/aromatic N) is 4. The summed E-state index contributed by atoms with van der Waals surface area (Å²) in [7, 11) is 0. The van der Waals surface area contributed by atoms with E-state index in [0.29, 0.717) is 18.8 Å². The van der Waals surface area contributed by atoms with Crippen molar-refractivity contribution in [2.45, 2.75) is 45.8 Å². The molecule has 2 atom stereocenters. The number of morpholine rings is 1. The minimum absolute atomic E-state index is 0.0358. The van der Waals surface area contributed by atoms with Crippen LogP contribution in [0.3, 0.4) is 0 Å². The summed E-state index contributed by atoms with van der Waals surface area (Å²) in [4.78, 5) is 19.6. The number of benzene rings is 1. The second-order valence-corrected chi connectivity index (χ2v) is 8.46. The van der Waals surface area contributed by atoms with E-state index in [9.17, 15) is 4.79 Å². The van der Waals surface area contributed by atoms with Crippen LogP contribution in [0.25, 0.3) is 15.3 Å². The van der Waals surface area contributed by atoms with E-state index in [-0.39, 0.29) is 24.0 Å². The van der Waals surface area contributed by atoms with E-state index in [2.05, 4.69) is 25.0 Å². The van der Waals surface area contributed by atoms with Crippen LogP contribution in [0.2, 0.25) is 0 Å². The summed E-state index contributed by atoms with van der Waals surface area (Å²) >= 11 is 1.59. The molecule has 1 aliphatic heterocycles. The van der Waals surface area contributed by atoms with Crippen molar-refractivity contribution in [3.8, 4) is 5.13 Å². The zero-order valence-electron chi connectivity index (χ0n) is 16.0. The molecule has 6 nitrogen and oxygen atoms in total. The molecule has 0 spiro atoms. The minimum Gasteiger partial charge on any atom is -0.372 e. The Kier molecular flexibility index (Phi) is 4.74. The van der Waals surface area contributed by atoms with Gasteiger partial charge in [-0.2, -0.15) is 5.10 Å². The van der Waals surface area contributed by atoms with Gasteiger partial charge in [-0.05, 0) is 38.0 Å². The van der Waals surface area contributed by atoms with E-state index >= 15 is 0 Å². The molecule has 2 aromatic heterocycles. The molecule has 0 radical (unpaired) electrons. The van der Waals surface area contributed by atoms with E-state index in [1.807, 2.05) is 47.7 Å². The lowest BCUT2D eigenvalue weighted by atomic mass is 10.1. The molecule has 0 unspecified atom stereocenters. The first kappa shape index (κ1) is 18.1. The van der Waals surface area contributed by atoms with Crippen LogP contribution in [0.5, 0.6) is 0 Å².